The normalized spacial score (nSPS) is 15.0. The van der Waals surface area contributed by atoms with Crippen LogP contribution in [0.2, 0.25) is 0 Å². The van der Waals surface area contributed by atoms with E-state index in [9.17, 15) is 9.59 Å². The Morgan fingerprint density at radius 3 is 2.64 bits per heavy atom. The highest BCUT2D eigenvalue weighted by molar-refractivity contribution is 5.80. The Kier molecular flexibility index (Phi) is 3.35. The monoisotopic (exact) mass is 301 g/mol. The third-order valence-corrected chi connectivity index (χ3v) is 4.33. The van der Waals surface area contributed by atoms with E-state index in [0.717, 1.165) is 5.82 Å². The summed E-state index contributed by atoms with van der Waals surface area (Å²) < 4.78 is 3.36. The van der Waals surface area contributed by atoms with Crippen molar-refractivity contribution in [3.63, 3.8) is 0 Å². The number of carbonyl (C=O) groups is 1. The fourth-order valence-corrected chi connectivity index (χ4v) is 2.86. The molecule has 0 radical (unpaired) electrons. The Bertz CT molecular complexity index is 805. The molecule has 0 aliphatic carbocycles. The van der Waals surface area contributed by atoms with Gasteiger partial charge in [-0.05, 0) is 20.8 Å². The molecule has 7 nitrogen and oxygen atoms in total. The summed E-state index contributed by atoms with van der Waals surface area (Å²) in [6.07, 6.45) is 3.47. The van der Waals surface area contributed by atoms with E-state index >= 15 is 0 Å². The molecular formula is C15H19N5O2. The zero-order chi connectivity index (χ0) is 16.0. The molecular weight excluding hydrogens is 282 g/mol. The van der Waals surface area contributed by atoms with Gasteiger partial charge >= 0.3 is 0 Å². The molecule has 2 aromatic heterocycles. The lowest BCUT2D eigenvalue weighted by Gasteiger charge is -2.21. The van der Waals surface area contributed by atoms with Gasteiger partial charge in [-0.1, -0.05) is 0 Å². The second-order valence-electron chi connectivity index (χ2n) is 5.70. The fourth-order valence-electron chi connectivity index (χ4n) is 2.86. The molecule has 0 fully saturated rings. The molecule has 0 saturated heterocycles. The number of aromatic nitrogens is 4. The van der Waals surface area contributed by atoms with Gasteiger partial charge in [-0.25, -0.2) is 9.97 Å². The number of amides is 1. The first kappa shape index (κ1) is 14.5. The summed E-state index contributed by atoms with van der Waals surface area (Å²) in [7, 11) is 1.70. The molecule has 0 unspecified atom stereocenters. The lowest BCUT2D eigenvalue weighted by atomic mass is 10.2. The van der Waals surface area contributed by atoms with E-state index in [-0.39, 0.29) is 17.5 Å². The first-order valence-corrected chi connectivity index (χ1v) is 7.23. The van der Waals surface area contributed by atoms with E-state index in [1.165, 1.54) is 4.57 Å². The summed E-state index contributed by atoms with van der Waals surface area (Å²) in [5, 5.41) is 0. The lowest BCUT2D eigenvalue weighted by Crippen LogP contribution is -2.33. The predicted octanol–water partition coefficient (Wildman–Crippen LogP) is 0.697. The molecule has 1 amide bonds. The minimum Gasteiger partial charge on any atom is -0.330 e. The summed E-state index contributed by atoms with van der Waals surface area (Å²) in [4.78, 5) is 35.2. The van der Waals surface area contributed by atoms with Gasteiger partial charge in [0.25, 0.3) is 5.56 Å². The van der Waals surface area contributed by atoms with E-state index in [4.69, 9.17) is 0 Å². The second kappa shape index (κ2) is 5.08. The highest BCUT2D eigenvalue weighted by atomic mass is 16.2. The fraction of sp³-hybridized carbons (Fsp3) is 0.467. The topological polar surface area (TPSA) is 73.0 Å². The molecule has 3 rings (SSSR count). The molecule has 116 valence electrons. The van der Waals surface area contributed by atoms with Crippen LogP contribution < -0.4 is 5.56 Å². The minimum absolute atomic E-state index is 0.0289. The smallest absolute Gasteiger partial charge is 0.258 e. The van der Waals surface area contributed by atoms with Gasteiger partial charge in [0.1, 0.15) is 17.7 Å². The predicted molar refractivity (Wildman–Crippen MR) is 80.1 cm³/mol. The number of nitrogens with zero attached hydrogens (tertiary/aromatic N) is 5. The van der Waals surface area contributed by atoms with Gasteiger partial charge < -0.3 is 9.47 Å². The van der Waals surface area contributed by atoms with Gasteiger partial charge in [0, 0.05) is 19.4 Å². The van der Waals surface area contributed by atoms with Crippen LogP contribution in [0.15, 0.2) is 17.2 Å². The van der Waals surface area contributed by atoms with Crippen molar-refractivity contribution >= 4 is 5.91 Å². The maximum absolute atomic E-state index is 12.7. The zero-order valence-corrected chi connectivity index (χ0v) is 13.2. The summed E-state index contributed by atoms with van der Waals surface area (Å²) in [5.41, 5.74) is 1.27. The molecule has 0 aromatic carbocycles. The first-order valence-electron chi connectivity index (χ1n) is 7.23. The number of imidazole rings is 1. The molecule has 0 bridgehead atoms. The van der Waals surface area contributed by atoms with Crippen LogP contribution in [0.1, 0.15) is 35.9 Å². The van der Waals surface area contributed by atoms with Crippen LogP contribution in [0, 0.1) is 13.8 Å². The van der Waals surface area contributed by atoms with Crippen molar-refractivity contribution in [2.24, 2.45) is 7.05 Å². The van der Waals surface area contributed by atoms with Crippen molar-refractivity contribution in [2.75, 3.05) is 0 Å². The van der Waals surface area contributed by atoms with Gasteiger partial charge in [0.15, 0.2) is 0 Å². The second-order valence-corrected chi connectivity index (χ2v) is 5.70. The third kappa shape index (κ3) is 2.13. The average Bonchev–Trinajstić information content (AvgIpc) is 3.09. The Morgan fingerprint density at radius 1 is 1.27 bits per heavy atom. The Balaban J connectivity index is 1.87. The quantitative estimate of drug-likeness (QED) is 0.818. The van der Waals surface area contributed by atoms with Gasteiger partial charge in [-0.15, -0.1) is 0 Å². The van der Waals surface area contributed by atoms with Gasteiger partial charge in [0.05, 0.1) is 24.3 Å². The molecule has 1 aliphatic heterocycles. The van der Waals surface area contributed by atoms with Crippen molar-refractivity contribution in [3.05, 3.63) is 45.7 Å². The molecule has 1 atom stereocenters. The van der Waals surface area contributed by atoms with Gasteiger partial charge in [-0.2, -0.15) is 0 Å². The molecule has 0 spiro atoms. The van der Waals surface area contributed by atoms with E-state index < -0.39 is 0 Å². The minimum atomic E-state index is -0.346. The summed E-state index contributed by atoms with van der Waals surface area (Å²) in [6, 6.07) is -0.346. The van der Waals surface area contributed by atoms with Crippen molar-refractivity contribution in [1.82, 2.24) is 24.0 Å². The van der Waals surface area contributed by atoms with Crippen molar-refractivity contribution in [1.29, 1.82) is 0 Å². The maximum atomic E-state index is 12.7. The first-order chi connectivity index (χ1) is 10.4. The third-order valence-electron chi connectivity index (χ3n) is 4.33. The number of hydrogen-bond acceptors (Lipinski definition) is 4. The van der Waals surface area contributed by atoms with Crippen molar-refractivity contribution < 1.29 is 4.79 Å². The molecule has 3 heterocycles. The van der Waals surface area contributed by atoms with E-state index in [1.54, 1.807) is 31.3 Å². The number of fused-ring (bicyclic) bond motifs is 1. The molecule has 0 saturated carbocycles. The highest BCUT2D eigenvalue weighted by Gasteiger charge is 2.31. The van der Waals surface area contributed by atoms with Crippen LogP contribution in [0.25, 0.3) is 0 Å². The number of rotatable bonds is 2. The number of carbonyl (C=O) groups excluding carboxylic acids is 1. The van der Waals surface area contributed by atoms with E-state index in [2.05, 4.69) is 9.97 Å². The van der Waals surface area contributed by atoms with Crippen LogP contribution >= 0.6 is 0 Å². The number of aryl methyl sites for hydroxylation is 2. The highest BCUT2D eigenvalue weighted by Crippen LogP contribution is 2.22. The SMILES string of the molecule is Cc1nccn1[C@@H](C)C(=O)N1Cc2nc(C)n(C)c(=O)c2C1. The molecule has 22 heavy (non-hydrogen) atoms. The van der Waals surface area contributed by atoms with Crippen molar-refractivity contribution in [3.8, 4) is 0 Å². The van der Waals surface area contributed by atoms with E-state index in [0.29, 0.717) is 30.2 Å². The van der Waals surface area contributed by atoms with Crippen molar-refractivity contribution in [2.45, 2.75) is 39.9 Å². The standard InChI is InChI=1S/C15H19N5O2/c1-9(20-6-5-16-10(20)2)14(21)19-7-12-13(8-19)17-11(3)18(4)15(12)22/h5-6,9H,7-8H2,1-4H3/t9-/m0/s1. The molecule has 7 heteroatoms. The summed E-state index contributed by atoms with van der Waals surface area (Å²) >= 11 is 0. The number of hydrogen-bond donors (Lipinski definition) is 0. The Morgan fingerprint density at radius 2 is 2.00 bits per heavy atom. The van der Waals surface area contributed by atoms with Crippen LogP contribution in [0.3, 0.4) is 0 Å². The molecule has 1 aliphatic rings. The molecule has 2 aromatic rings. The van der Waals surface area contributed by atoms with E-state index in [1.807, 2.05) is 18.4 Å². The zero-order valence-electron chi connectivity index (χ0n) is 13.2. The lowest BCUT2D eigenvalue weighted by molar-refractivity contribution is -0.135. The van der Waals surface area contributed by atoms with Crippen LogP contribution in [-0.4, -0.2) is 29.9 Å². The molecule has 0 N–H and O–H groups in total. The van der Waals surface area contributed by atoms with Crippen LogP contribution in [0.5, 0.6) is 0 Å². The van der Waals surface area contributed by atoms with Gasteiger partial charge in [0.2, 0.25) is 5.91 Å². The van der Waals surface area contributed by atoms with Gasteiger partial charge in [-0.3, -0.25) is 14.2 Å². The maximum Gasteiger partial charge on any atom is 0.258 e. The Hall–Kier alpha value is -2.44. The van der Waals surface area contributed by atoms with Crippen LogP contribution in [0.4, 0.5) is 0 Å². The van der Waals surface area contributed by atoms with Crippen LogP contribution in [-0.2, 0) is 24.9 Å². The Labute approximate surface area is 128 Å². The summed E-state index contributed by atoms with van der Waals surface area (Å²) in [5.74, 6) is 1.43. The largest absolute Gasteiger partial charge is 0.330 e. The average molecular weight is 301 g/mol. The summed E-state index contributed by atoms with van der Waals surface area (Å²) in [6.45, 7) is 6.22.